The molecule has 0 N–H and O–H groups in total. The number of benzene rings is 11. The summed E-state index contributed by atoms with van der Waals surface area (Å²) in [7, 11) is -2.99. The molecule has 0 aromatic heterocycles. The summed E-state index contributed by atoms with van der Waals surface area (Å²) in [4.78, 5) is 5.25. The van der Waals surface area contributed by atoms with E-state index in [1.54, 1.807) is 0 Å². The first-order chi connectivity index (χ1) is 38.0. The summed E-state index contributed by atoms with van der Waals surface area (Å²) in [5.41, 5.74) is 20.5. The molecule has 2 aliphatic rings. The maximum atomic E-state index is 2.65. The third-order valence-corrected chi connectivity index (χ3v) is 21.3. The lowest BCUT2D eigenvalue weighted by Crippen LogP contribution is -2.75. The average molecular weight is 1020 g/mol. The van der Waals surface area contributed by atoms with Crippen LogP contribution < -0.4 is 46.9 Å². The predicted octanol–water partition coefficient (Wildman–Crippen LogP) is 14.7. The zero-order chi connectivity index (χ0) is 53.2. The van der Waals surface area contributed by atoms with E-state index in [0.29, 0.717) is 0 Å². The van der Waals surface area contributed by atoms with E-state index in [-0.39, 0.29) is 17.5 Å². The van der Waals surface area contributed by atoms with Crippen LogP contribution in [0.15, 0.2) is 273 Å². The number of nitrogens with zero attached hydrogens (tertiary/aromatic N) is 2. The fourth-order valence-corrected chi connectivity index (χ4v) is 17.5. The Balaban J connectivity index is 1.20. The first-order valence-electron chi connectivity index (χ1n) is 27.6. The van der Waals surface area contributed by atoms with Crippen LogP contribution in [0.5, 0.6) is 0 Å². The smallest absolute Gasteiger partial charge is 0.252 e. The molecule has 13 rings (SSSR count). The highest BCUT2D eigenvalue weighted by atomic mass is 28.3. The zero-order valence-corrected chi connectivity index (χ0v) is 46.5. The van der Waals surface area contributed by atoms with Crippen molar-refractivity contribution in [2.75, 3.05) is 9.80 Å². The summed E-state index contributed by atoms with van der Waals surface area (Å²) in [5, 5.41) is 5.43. The summed E-state index contributed by atoms with van der Waals surface area (Å²) in [6.45, 7) is 13.9. The highest BCUT2D eigenvalue weighted by Gasteiger charge is 2.47. The lowest BCUT2D eigenvalue weighted by atomic mass is 9.33. The fourth-order valence-electron chi connectivity index (χ4n) is 12.7. The molecule has 0 amide bonds. The summed E-state index contributed by atoms with van der Waals surface area (Å²) >= 11 is 0. The molecule has 11 aromatic rings. The van der Waals surface area contributed by atoms with Gasteiger partial charge in [0.2, 0.25) is 0 Å². The summed E-state index contributed by atoms with van der Waals surface area (Å²) in [6.07, 6.45) is 0. The van der Waals surface area contributed by atoms with E-state index in [2.05, 4.69) is 324 Å². The molecule has 4 heteroatoms. The van der Waals surface area contributed by atoms with Crippen molar-refractivity contribution >= 4 is 86.0 Å². The standard InChI is InChI=1S/C74H63BN2Si/c1-73(2,3)55-31-26-32-57(49-55)76-69-50-56(74(4,5)6)43-45-65(69)75-66-51-61(78(58-33-16-9-17-34-58,59-35-18-10-19-36-59)60-37-20-11-21-38-60)44-46-68(66)77(67-42-25-24-41-64(67)53-29-14-8-15-30-53)71-48-54(47-70(76)72(71)75)63-40-23-22-39-62(63)52-27-12-7-13-28-52/h7-51H,1-6H3. The monoisotopic (exact) mass is 1020 g/mol. The van der Waals surface area contributed by atoms with Gasteiger partial charge in [0.1, 0.15) is 0 Å². The Morgan fingerprint density at radius 2 is 0.769 bits per heavy atom. The van der Waals surface area contributed by atoms with E-state index >= 15 is 0 Å². The minimum atomic E-state index is -2.99. The van der Waals surface area contributed by atoms with E-state index in [4.69, 9.17) is 0 Å². The molecular formula is C74H63BN2Si. The Morgan fingerprint density at radius 1 is 0.295 bits per heavy atom. The molecule has 0 bridgehead atoms. The minimum Gasteiger partial charge on any atom is -0.311 e. The largest absolute Gasteiger partial charge is 0.311 e. The second-order valence-corrected chi connectivity index (χ2v) is 27.1. The summed E-state index contributed by atoms with van der Waals surface area (Å²) in [5.74, 6) is 0. The third-order valence-electron chi connectivity index (χ3n) is 16.5. The molecule has 0 atom stereocenters. The molecule has 0 radical (unpaired) electrons. The molecule has 0 saturated heterocycles. The van der Waals surface area contributed by atoms with Gasteiger partial charge < -0.3 is 9.80 Å². The number of anilines is 6. The Hall–Kier alpha value is -8.70. The van der Waals surface area contributed by atoms with Crippen LogP contribution in [-0.2, 0) is 10.8 Å². The van der Waals surface area contributed by atoms with Crippen molar-refractivity contribution in [3.63, 3.8) is 0 Å². The van der Waals surface area contributed by atoms with Gasteiger partial charge in [0.15, 0.2) is 8.07 Å². The van der Waals surface area contributed by atoms with Crippen LogP contribution in [0, 0.1) is 0 Å². The van der Waals surface area contributed by atoms with Gasteiger partial charge in [0, 0.05) is 34.0 Å². The van der Waals surface area contributed by atoms with Crippen molar-refractivity contribution in [2.45, 2.75) is 52.4 Å². The van der Waals surface area contributed by atoms with E-state index in [1.165, 1.54) is 104 Å². The molecular weight excluding hydrogens is 956 g/mol. The van der Waals surface area contributed by atoms with Crippen molar-refractivity contribution in [1.82, 2.24) is 0 Å². The van der Waals surface area contributed by atoms with Gasteiger partial charge in [0.05, 0.1) is 5.69 Å². The molecule has 0 saturated carbocycles. The molecule has 0 fully saturated rings. The van der Waals surface area contributed by atoms with Crippen molar-refractivity contribution < 1.29 is 0 Å². The highest BCUT2D eigenvalue weighted by Crippen LogP contribution is 2.49. The van der Waals surface area contributed by atoms with Crippen LogP contribution in [0.3, 0.4) is 0 Å². The van der Waals surface area contributed by atoms with Crippen LogP contribution >= 0.6 is 0 Å². The molecule has 11 aromatic carbocycles. The van der Waals surface area contributed by atoms with Crippen LogP contribution in [0.1, 0.15) is 52.7 Å². The van der Waals surface area contributed by atoms with Crippen LogP contribution in [0.2, 0.25) is 0 Å². The number of fused-ring (bicyclic) bond motifs is 4. The molecule has 0 aliphatic carbocycles. The van der Waals surface area contributed by atoms with Gasteiger partial charge in [0.25, 0.3) is 6.71 Å². The average Bonchev–Trinajstić information content (AvgIpc) is 3.24. The number of hydrogen-bond donors (Lipinski definition) is 0. The van der Waals surface area contributed by atoms with Crippen molar-refractivity contribution in [1.29, 1.82) is 0 Å². The SMILES string of the molecule is CC(C)(C)c1cccc(N2c3cc(C(C)(C)C)ccc3B3c4cc([Si](c5ccccc5)(c5ccccc5)c5ccccc5)ccc4N(c4ccccc4-c4ccccc4)c4cc(-c5ccccc5-c5ccccc5)cc2c43)c1. The number of rotatable bonds is 9. The molecule has 0 unspecified atom stereocenters. The lowest BCUT2D eigenvalue weighted by molar-refractivity contribution is 0.590. The van der Waals surface area contributed by atoms with Crippen LogP contribution in [-0.4, -0.2) is 14.8 Å². The Labute approximate surface area is 463 Å². The number of hydrogen-bond acceptors (Lipinski definition) is 2. The van der Waals surface area contributed by atoms with Gasteiger partial charge >= 0.3 is 0 Å². The van der Waals surface area contributed by atoms with E-state index < -0.39 is 8.07 Å². The Bertz CT molecular complexity index is 3900. The van der Waals surface area contributed by atoms with Crippen molar-refractivity contribution in [3.8, 4) is 33.4 Å². The van der Waals surface area contributed by atoms with Crippen LogP contribution in [0.25, 0.3) is 33.4 Å². The maximum Gasteiger partial charge on any atom is 0.252 e. The fraction of sp³-hybridized carbons (Fsp3) is 0.108. The molecule has 2 aliphatic heterocycles. The first-order valence-corrected chi connectivity index (χ1v) is 29.6. The molecule has 2 heterocycles. The zero-order valence-electron chi connectivity index (χ0n) is 45.5. The van der Waals surface area contributed by atoms with E-state index in [0.717, 1.165) is 11.4 Å². The van der Waals surface area contributed by atoms with Crippen LogP contribution in [0.4, 0.5) is 34.1 Å². The minimum absolute atomic E-state index is 0.0692. The Morgan fingerprint density at radius 3 is 1.33 bits per heavy atom. The first kappa shape index (κ1) is 48.9. The lowest BCUT2D eigenvalue weighted by Gasteiger charge is -2.46. The maximum absolute atomic E-state index is 2.99. The van der Waals surface area contributed by atoms with Crippen molar-refractivity contribution in [3.05, 3.63) is 284 Å². The molecule has 0 spiro atoms. The van der Waals surface area contributed by atoms with Crippen molar-refractivity contribution in [2.24, 2.45) is 0 Å². The van der Waals surface area contributed by atoms with E-state index in [9.17, 15) is 0 Å². The van der Waals surface area contributed by atoms with Gasteiger partial charge in [-0.15, -0.1) is 0 Å². The number of para-hydroxylation sites is 1. The van der Waals surface area contributed by atoms with Gasteiger partial charge in [-0.25, -0.2) is 0 Å². The topological polar surface area (TPSA) is 6.48 Å². The second kappa shape index (κ2) is 19.4. The molecule has 2 nitrogen and oxygen atoms in total. The Kier molecular flexibility index (Phi) is 12.2. The summed E-state index contributed by atoms with van der Waals surface area (Å²) in [6, 6.07) is 103. The van der Waals surface area contributed by atoms with Gasteiger partial charge in [-0.1, -0.05) is 272 Å². The van der Waals surface area contributed by atoms with Gasteiger partial charge in [-0.2, -0.15) is 0 Å². The molecule has 78 heavy (non-hydrogen) atoms. The van der Waals surface area contributed by atoms with Gasteiger partial charge in [-0.3, -0.25) is 0 Å². The normalized spacial score (nSPS) is 12.9. The second-order valence-electron chi connectivity index (χ2n) is 23.3. The third kappa shape index (κ3) is 8.26. The quantitative estimate of drug-likeness (QED) is 0.105. The van der Waals surface area contributed by atoms with E-state index in [1.807, 2.05) is 0 Å². The molecule has 376 valence electrons. The summed E-state index contributed by atoms with van der Waals surface area (Å²) < 4.78 is 0. The van der Waals surface area contributed by atoms with Gasteiger partial charge in [-0.05, 0) is 129 Å². The highest BCUT2D eigenvalue weighted by molar-refractivity contribution is 7.20. The predicted molar refractivity (Wildman–Crippen MR) is 338 cm³/mol.